The molecule has 340 valence electrons. The van der Waals surface area contributed by atoms with Crippen LogP contribution in [0.4, 0.5) is 0 Å². The lowest BCUT2D eigenvalue weighted by Gasteiger charge is -2.32. The molecule has 0 aromatic heterocycles. The Morgan fingerprint density at radius 3 is 1.39 bits per heavy atom. The van der Waals surface area contributed by atoms with E-state index >= 15 is 0 Å². The van der Waals surface area contributed by atoms with Crippen LogP contribution in [0.3, 0.4) is 0 Å². The molecule has 0 radical (unpaired) electrons. The molecular weight excluding hydrogens is 848 g/mol. The van der Waals surface area contributed by atoms with Gasteiger partial charge < -0.3 is 46.6 Å². The molecule has 0 bridgehead atoms. The first-order valence-electron chi connectivity index (χ1n) is 20.2. The van der Waals surface area contributed by atoms with Gasteiger partial charge in [-0.05, 0) is 137 Å². The summed E-state index contributed by atoms with van der Waals surface area (Å²) in [5, 5.41) is 9.42. The Morgan fingerprint density at radius 2 is 0.984 bits per heavy atom. The zero-order chi connectivity index (χ0) is 45.9. The Labute approximate surface area is 363 Å². The largest absolute Gasteiger partial charge is 0.508 e. The SMILES string of the molecule is CC1(C)OB(c2cccc(O)c2)OC1(C)C.CCOP(=O)(COS(=O)(=O)c1ccc(C)cc1)OCC.CCOP(=O)(COc1cccc(B2OC(C)(C)C(C)(C)O2)c1)OCC. The van der Waals surface area contributed by atoms with Gasteiger partial charge in [0.1, 0.15) is 11.5 Å². The number of hydrogen-bond donors (Lipinski definition) is 1. The molecule has 61 heavy (non-hydrogen) atoms. The minimum Gasteiger partial charge on any atom is -0.508 e. The maximum atomic E-state index is 12.5. The van der Waals surface area contributed by atoms with Crippen molar-refractivity contribution in [1.82, 2.24) is 0 Å². The van der Waals surface area contributed by atoms with E-state index < -0.39 is 57.1 Å². The quantitative estimate of drug-likeness (QED) is 0.0777. The first-order valence-corrected chi connectivity index (χ1v) is 25.1. The Balaban J connectivity index is 0.000000250. The molecule has 2 fully saturated rings. The lowest BCUT2D eigenvalue weighted by Crippen LogP contribution is -2.41. The predicted octanol–water partition coefficient (Wildman–Crippen LogP) is 8.20. The number of hydrogen-bond acceptors (Lipinski definition) is 15. The number of aromatic hydroxyl groups is 1. The third-order valence-corrected chi connectivity index (χ3v) is 15.1. The van der Waals surface area contributed by atoms with E-state index in [-0.39, 0.29) is 41.4 Å². The first kappa shape index (κ1) is 52.8. The molecule has 2 heterocycles. The van der Waals surface area contributed by atoms with Gasteiger partial charge in [-0.15, -0.1) is 0 Å². The smallest absolute Gasteiger partial charge is 0.494 e. The molecule has 0 aliphatic carbocycles. The Morgan fingerprint density at radius 1 is 0.590 bits per heavy atom. The van der Waals surface area contributed by atoms with Crippen molar-refractivity contribution in [1.29, 1.82) is 0 Å². The molecular formula is C41H64B2O15P2S. The highest BCUT2D eigenvalue weighted by atomic mass is 32.2. The van der Waals surface area contributed by atoms with Crippen LogP contribution in [0.15, 0.2) is 77.7 Å². The maximum absolute atomic E-state index is 12.5. The molecule has 5 rings (SSSR count). The summed E-state index contributed by atoms with van der Waals surface area (Å²) in [4.78, 5) is 0.00245. The van der Waals surface area contributed by atoms with Gasteiger partial charge >= 0.3 is 29.4 Å². The van der Waals surface area contributed by atoms with Gasteiger partial charge in [-0.3, -0.25) is 13.3 Å². The number of phenolic OH excluding ortho intramolecular Hbond substituents is 1. The molecule has 2 saturated heterocycles. The van der Waals surface area contributed by atoms with Crippen LogP contribution in [-0.4, -0.2) is 89.3 Å². The fourth-order valence-corrected chi connectivity index (χ4v) is 9.46. The summed E-state index contributed by atoms with van der Waals surface area (Å²) in [6.07, 6.45) is -0.771. The molecule has 0 amide bonds. The average Bonchev–Trinajstić information content (AvgIpc) is 3.54. The third kappa shape index (κ3) is 15.0. The van der Waals surface area contributed by atoms with Crippen molar-refractivity contribution in [2.75, 3.05) is 39.1 Å². The number of benzene rings is 3. The summed E-state index contributed by atoms with van der Waals surface area (Å²) < 4.78 is 103. The Bertz CT molecular complexity index is 2010. The van der Waals surface area contributed by atoms with E-state index in [0.29, 0.717) is 19.0 Å². The summed E-state index contributed by atoms with van der Waals surface area (Å²) in [6.45, 7) is 25.6. The summed E-state index contributed by atoms with van der Waals surface area (Å²) in [7, 11) is -11.7. The van der Waals surface area contributed by atoms with Gasteiger partial charge in [0.25, 0.3) is 10.1 Å². The van der Waals surface area contributed by atoms with E-state index in [2.05, 4.69) is 0 Å². The molecule has 3 aromatic rings. The maximum Gasteiger partial charge on any atom is 0.494 e. The van der Waals surface area contributed by atoms with Crippen LogP contribution in [0.5, 0.6) is 11.5 Å². The van der Waals surface area contributed by atoms with Gasteiger partial charge in [-0.2, -0.15) is 8.42 Å². The fourth-order valence-electron chi connectivity index (χ4n) is 5.45. The molecule has 15 nitrogen and oxygen atoms in total. The van der Waals surface area contributed by atoms with Gasteiger partial charge in [-0.25, -0.2) is 0 Å². The van der Waals surface area contributed by atoms with E-state index in [0.717, 1.165) is 16.5 Å². The molecule has 1 N–H and O–H groups in total. The molecule has 2 aliphatic heterocycles. The van der Waals surface area contributed by atoms with Crippen LogP contribution in [0.25, 0.3) is 0 Å². The highest BCUT2D eigenvalue weighted by Gasteiger charge is 2.52. The monoisotopic (exact) mass is 912 g/mol. The number of aryl methyl sites for hydroxylation is 1. The highest BCUT2D eigenvalue weighted by Crippen LogP contribution is 2.49. The second kappa shape index (κ2) is 21.9. The highest BCUT2D eigenvalue weighted by molar-refractivity contribution is 7.87. The molecule has 0 atom stereocenters. The van der Waals surface area contributed by atoms with Crippen molar-refractivity contribution in [3.05, 3.63) is 78.4 Å². The molecule has 0 spiro atoms. The van der Waals surface area contributed by atoms with E-state index in [1.165, 1.54) is 12.1 Å². The lowest BCUT2D eigenvalue weighted by molar-refractivity contribution is 0.00578. The standard InChI is InChI=1S/C17H28BO6P.C12H17BO3.C12H19O6PS/c1-7-21-25(19,22-8-2)13-20-15-11-9-10-14(12-15)18-23-16(3,4)17(5,6)24-18;1-11(2)12(3,4)16-13(15-11)9-6-5-7-10(14)8-9;1-4-16-19(13,17-5-2)10-18-20(14,15)12-8-6-11(3)7-9-12/h9-12H,7-8,13H2,1-6H3;5-8,14H,1-4H3;6-9H,4-5,10H2,1-3H3. The van der Waals surface area contributed by atoms with Crippen LogP contribution in [-0.2, 0) is 60.1 Å². The van der Waals surface area contributed by atoms with Crippen molar-refractivity contribution < 1.29 is 68.3 Å². The van der Waals surface area contributed by atoms with E-state index in [4.69, 9.17) is 45.6 Å². The molecule has 2 aliphatic rings. The van der Waals surface area contributed by atoms with Crippen molar-refractivity contribution in [2.45, 2.75) is 117 Å². The van der Waals surface area contributed by atoms with Crippen LogP contribution in [0.1, 0.15) is 88.6 Å². The first-order chi connectivity index (χ1) is 28.3. The van der Waals surface area contributed by atoms with Crippen molar-refractivity contribution in [2.24, 2.45) is 0 Å². The molecule has 0 unspecified atom stereocenters. The Hall–Kier alpha value is -2.56. The van der Waals surface area contributed by atoms with Gasteiger partial charge in [0, 0.05) is 0 Å². The number of rotatable bonds is 17. The minimum absolute atomic E-state index is 0.00245. The zero-order valence-corrected chi connectivity index (χ0v) is 40.4. The van der Waals surface area contributed by atoms with Gasteiger partial charge in [0.2, 0.25) is 0 Å². The summed E-state index contributed by atoms with van der Waals surface area (Å²) in [6, 6.07) is 20.5. The van der Waals surface area contributed by atoms with E-state index in [1.807, 2.05) is 86.6 Å². The normalized spacial score (nSPS) is 17.9. The van der Waals surface area contributed by atoms with Gasteiger partial charge in [-0.1, -0.05) is 42.0 Å². The second-order valence-electron chi connectivity index (χ2n) is 16.0. The fraction of sp³-hybridized carbons (Fsp3) is 0.561. The van der Waals surface area contributed by atoms with E-state index in [1.54, 1.807) is 64.1 Å². The van der Waals surface area contributed by atoms with Crippen molar-refractivity contribution in [3.63, 3.8) is 0 Å². The van der Waals surface area contributed by atoms with Crippen molar-refractivity contribution in [3.8, 4) is 11.5 Å². The predicted molar refractivity (Wildman–Crippen MR) is 238 cm³/mol. The second-order valence-corrected chi connectivity index (χ2v) is 21.6. The topological polar surface area (TPSA) is 181 Å². The van der Waals surface area contributed by atoms with Crippen LogP contribution in [0, 0.1) is 6.92 Å². The lowest BCUT2D eigenvalue weighted by atomic mass is 9.79. The zero-order valence-electron chi connectivity index (χ0n) is 37.8. The van der Waals surface area contributed by atoms with Crippen LogP contribution in [0.2, 0.25) is 0 Å². The number of phenols is 1. The third-order valence-electron chi connectivity index (χ3n) is 10.1. The summed E-state index contributed by atoms with van der Waals surface area (Å²) >= 11 is 0. The summed E-state index contributed by atoms with van der Waals surface area (Å²) in [5.41, 5.74) is 1.12. The van der Waals surface area contributed by atoms with Crippen LogP contribution >= 0.6 is 15.2 Å². The van der Waals surface area contributed by atoms with Gasteiger partial charge in [0.05, 0.1) is 53.7 Å². The summed E-state index contributed by atoms with van der Waals surface area (Å²) in [5.74, 6) is 0.791. The van der Waals surface area contributed by atoms with Crippen LogP contribution < -0.4 is 15.7 Å². The molecule has 3 aromatic carbocycles. The Kier molecular flexibility index (Phi) is 18.9. The molecule has 0 saturated carbocycles. The van der Waals surface area contributed by atoms with Crippen molar-refractivity contribution >= 4 is 50.5 Å². The van der Waals surface area contributed by atoms with E-state index in [9.17, 15) is 22.7 Å². The molecule has 20 heteroatoms. The average molecular weight is 913 g/mol. The number of ether oxygens (including phenoxy) is 1. The van der Waals surface area contributed by atoms with Gasteiger partial charge in [0.15, 0.2) is 12.7 Å². The minimum atomic E-state index is -3.98.